The average molecular weight is 647 g/mol. The Morgan fingerprint density at radius 1 is 1.09 bits per heavy atom. The SMILES string of the molecule is CC(C)CN(C[C@H]1OC(C)(C)N(C(=O)Oc2coc3occc23)[C@H]1CC1CCC(O)CC1)S(=O)(=O)c1ccc2c(c1)OCCO2. The maximum absolute atomic E-state index is 14.2. The Morgan fingerprint density at radius 3 is 2.56 bits per heavy atom. The summed E-state index contributed by atoms with van der Waals surface area (Å²) >= 11 is 0. The van der Waals surface area contributed by atoms with Crippen LogP contribution >= 0.6 is 0 Å². The van der Waals surface area contributed by atoms with E-state index in [0.29, 0.717) is 49.4 Å². The summed E-state index contributed by atoms with van der Waals surface area (Å²) in [4.78, 5) is 15.6. The lowest BCUT2D eigenvalue weighted by molar-refractivity contribution is -0.0681. The van der Waals surface area contributed by atoms with Gasteiger partial charge < -0.3 is 32.9 Å². The second kappa shape index (κ2) is 12.5. The van der Waals surface area contributed by atoms with E-state index in [1.165, 1.54) is 29.0 Å². The third-order valence-electron chi connectivity index (χ3n) is 8.84. The van der Waals surface area contributed by atoms with Crippen molar-refractivity contribution in [2.75, 3.05) is 26.3 Å². The van der Waals surface area contributed by atoms with Crippen molar-refractivity contribution < 1.29 is 46.1 Å². The van der Waals surface area contributed by atoms with E-state index in [0.717, 1.165) is 12.8 Å². The Labute approximate surface area is 263 Å². The van der Waals surface area contributed by atoms with Crippen molar-refractivity contribution in [2.24, 2.45) is 11.8 Å². The lowest BCUT2D eigenvalue weighted by Gasteiger charge is -2.36. The van der Waals surface area contributed by atoms with Gasteiger partial charge >= 0.3 is 11.9 Å². The number of furan rings is 2. The minimum atomic E-state index is -3.99. The summed E-state index contributed by atoms with van der Waals surface area (Å²) in [5, 5.41) is 10.7. The van der Waals surface area contributed by atoms with E-state index in [4.69, 9.17) is 27.8 Å². The molecule has 1 aliphatic carbocycles. The summed E-state index contributed by atoms with van der Waals surface area (Å²) < 4.78 is 64.2. The normalized spacial score (nSPS) is 24.9. The smallest absolute Gasteiger partial charge is 0.417 e. The van der Waals surface area contributed by atoms with E-state index in [1.54, 1.807) is 30.9 Å². The molecule has 246 valence electrons. The van der Waals surface area contributed by atoms with Gasteiger partial charge in [-0.1, -0.05) is 13.8 Å². The number of aliphatic hydroxyl groups excluding tert-OH is 1. The van der Waals surface area contributed by atoms with Gasteiger partial charge in [0.05, 0.1) is 29.4 Å². The Morgan fingerprint density at radius 2 is 1.82 bits per heavy atom. The zero-order valence-corrected chi connectivity index (χ0v) is 27.0. The molecule has 2 atom stereocenters. The molecule has 1 amide bonds. The molecule has 0 radical (unpaired) electrons. The number of nitrogens with zero attached hydrogens (tertiary/aromatic N) is 2. The Hall–Kier alpha value is -3.26. The number of amides is 1. The van der Waals surface area contributed by atoms with Gasteiger partial charge in [0.1, 0.15) is 30.6 Å². The molecule has 2 aliphatic heterocycles. The summed E-state index contributed by atoms with van der Waals surface area (Å²) in [6.45, 7) is 8.52. The largest absolute Gasteiger partial charge is 0.486 e. The number of hydrogen-bond acceptors (Lipinski definition) is 10. The molecular weight excluding hydrogens is 604 g/mol. The van der Waals surface area contributed by atoms with Gasteiger partial charge in [-0.25, -0.2) is 13.2 Å². The third-order valence-corrected chi connectivity index (χ3v) is 10.7. The fraction of sp³-hybridized carbons (Fsp3) is 0.594. The quantitative estimate of drug-likeness (QED) is 0.322. The first-order valence-electron chi connectivity index (χ1n) is 15.6. The Balaban J connectivity index is 1.30. The van der Waals surface area contributed by atoms with Crippen LogP contribution in [0.15, 0.2) is 50.5 Å². The van der Waals surface area contributed by atoms with Crippen molar-refractivity contribution >= 4 is 27.3 Å². The first kappa shape index (κ1) is 31.7. The summed E-state index contributed by atoms with van der Waals surface area (Å²) in [5.41, 5.74) is -1.11. The molecule has 2 fully saturated rings. The number of carbonyl (C=O) groups excluding carboxylic acids is 1. The summed E-state index contributed by atoms with van der Waals surface area (Å²) in [6, 6.07) is 5.82. The van der Waals surface area contributed by atoms with Gasteiger partial charge in [0.15, 0.2) is 17.2 Å². The van der Waals surface area contributed by atoms with Crippen LogP contribution in [0, 0.1) is 11.8 Å². The van der Waals surface area contributed by atoms with Crippen molar-refractivity contribution in [1.29, 1.82) is 0 Å². The molecule has 12 nitrogen and oxygen atoms in total. The van der Waals surface area contributed by atoms with E-state index in [9.17, 15) is 18.3 Å². The van der Waals surface area contributed by atoms with Crippen molar-refractivity contribution in [3.8, 4) is 17.2 Å². The lowest BCUT2D eigenvalue weighted by Crippen LogP contribution is -2.51. The highest BCUT2D eigenvalue weighted by Crippen LogP contribution is 2.41. The standard InChI is InChI=1S/C32H42N2O10S/c1-20(2)17-33(45(37,38)23-9-10-26-27(16-23)40-14-13-39-26)18-28-25(15-21-5-7-22(35)8-6-21)34(32(3,4)44-28)31(36)43-29-19-42-30-24(29)11-12-41-30/h9-12,16,19-22,25,28,35H,5-8,13-15,17-18H2,1-4H3/t21?,22?,25-,28+/m0/s1. The van der Waals surface area contributed by atoms with Gasteiger partial charge in [0, 0.05) is 19.2 Å². The van der Waals surface area contributed by atoms with Crippen molar-refractivity contribution in [2.45, 2.75) is 88.7 Å². The highest BCUT2D eigenvalue weighted by atomic mass is 32.2. The molecular formula is C32H42N2O10S. The highest BCUT2D eigenvalue weighted by molar-refractivity contribution is 7.89. The van der Waals surface area contributed by atoms with Gasteiger partial charge in [-0.15, -0.1) is 0 Å². The molecule has 1 saturated heterocycles. The van der Waals surface area contributed by atoms with Gasteiger partial charge in [-0.3, -0.25) is 4.90 Å². The van der Waals surface area contributed by atoms with Crippen molar-refractivity contribution in [3.05, 3.63) is 36.8 Å². The van der Waals surface area contributed by atoms with Gasteiger partial charge in [0.25, 0.3) is 0 Å². The monoisotopic (exact) mass is 646 g/mol. The molecule has 1 N–H and O–H groups in total. The number of sulfonamides is 1. The summed E-state index contributed by atoms with van der Waals surface area (Å²) in [6.07, 6.45) is 4.72. The van der Waals surface area contributed by atoms with E-state index < -0.39 is 34.0 Å². The van der Waals surface area contributed by atoms with E-state index in [2.05, 4.69) is 0 Å². The number of rotatable bonds is 9. The van der Waals surface area contributed by atoms with Gasteiger partial charge in [-0.2, -0.15) is 4.31 Å². The van der Waals surface area contributed by atoms with Crippen LogP contribution in [0.2, 0.25) is 0 Å². The van der Waals surface area contributed by atoms with Crippen LogP contribution in [0.4, 0.5) is 4.79 Å². The van der Waals surface area contributed by atoms with Crippen LogP contribution in [0.25, 0.3) is 11.2 Å². The number of benzene rings is 1. The van der Waals surface area contributed by atoms with Crippen LogP contribution in [0.1, 0.15) is 59.8 Å². The van der Waals surface area contributed by atoms with Crippen LogP contribution in [0.5, 0.6) is 17.2 Å². The number of ether oxygens (including phenoxy) is 4. The van der Waals surface area contributed by atoms with E-state index in [1.807, 2.05) is 13.8 Å². The molecule has 6 rings (SSSR count). The van der Waals surface area contributed by atoms with Crippen molar-refractivity contribution in [3.63, 3.8) is 0 Å². The minimum absolute atomic E-state index is 0.0178. The van der Waals surface area contributed by atoms with Crippen LogP contribution in [-0.2, 0) is 14.8 Å². The summed E-state index contributed by atoms with van der Waals surface area (Å²) in [7, 11) is -3.99. The molecule has 2 aromatic heterocycles. The molecule has 3 aliphatic rings. The van der Waals surface area contributed by atoms with Gasteiger partial charge in [-0.05, 0) is 76.0 Å². The molecule has 13 heteroatoms. The van der Waals surface area contributed by atoms with Crippen molar-refractivity contribution in [1.82, 2.24) is 9.21 Å². The predicted molar refractivity (Wildman–Crippen MR) is 163 cm³/mol. The van der Waals surface area contributed by atoms with Crippen LogP contribution in [-0.4, -0.2) is 79.1 Å². The average Bonchev–Trinajstić information content (AvgIpc) is 3.67. The predicted octanol–water partition coefficient (Wildman–Crippen LogP) is 5.39. The Bertz CT molecular complexity index is 1600. The van der Waals surface area contributed by atoms with Crippen LogP contribution < -0.4 is 14.2 Å². The third kappa shape index (κ3) is 6.53. The molecule has 0 spiro atoms. The molecule has 1 aromatic carbocycles. The molecule has 0 unspecified atom stereocenters. The zero-order chi connectivity index (χ0) is 31.9. The van der Waals surface area contributed by atoms with E-state index >= 15 is 0 Å². The molecule has 1 saturated carbocycles. The molecule has 45 heavy (non-hydrogen) atoms. The highest BCUT2D eigenvalue weighted by Gasteiger charge is 2.52. The fourth-order valence-electron chi connectivity index (χ4n) is 6.74. The number of hydrogen-bond donors (Lipinski definition) is 1. The fourth-order valence-corrected chi connectivity index (χ4v) is 8.37. The number of carbonyl (C=O) groups is 1. The maximum Gasteiger partial charge on any atom is 0.417 e. The second-order valence-corrected chi connectivity index (χ2v) is 15.0. The maximum atomic E-state index is 14.2. The number of fused-ring (bicyclic) bond motifs is 2. The van der Waals surface area contributed by atoms with E-state index in [-0.39, 0.29) is 47.5 Å². The topological polar surface area (TPSA) is 141 Å². The minimum Gasteiger partial charge on any atom is -0.486 e. The molecule has 4 heterocycles. The summed E-state index contributed by atoms with van der Waals surface area (Å²) in [5.74, 6) is 1.61. The van der Waals surface area contributed by atoms with Gasteiger partial charge in [0.2, 0.25) is 10.0 Å². The Kier molecular flexibility index (Phi) is 8.81. The second-order valence-electron chi connectivity index (χ2n) is 13.1. The number of aliphatic hydroxyl groups is 1. The van der Waals surface area contributed by atoms with Crippen LogP contribution in [0.3, 0.4) is 0 Å². The molecule has 0 bridgehead atoms. The lowest BCUT2D eigenvalue weighted by atomic mass is 9.82. The first-order valence-corrected chi connectivity index (χ1v) is 17.1. The first-order chi connectivity index (χ1) is 21.4. The molecule has 3 aromatic rings. The zero-order valence-electron chi connectivity index (χ0n) is 26.1.